The van der Waals surface area contributed by atoms with E-state index in [4.69, 9.17) is 15.5 Å². The highest BCUT2D eigenvalue weighted by molar-refractivity contribution is 7.23. The number of benzene rings is 1. The average Bonchev–Trinajstić information content (AvgIpc) is 3.61. The second-order valence-electron chi connectivity index (χ2n) is 9.75. The van der Waals surface area contributed by atoms with Gasteiger partial charge in [0, 0.05) is 35.6 Å². The van der Waals surface area contributed by atoms with Crippen LogP contribution in [0.3, 0.4) is 0 Å². The number of hydrogen-bond acceptors (Lipinski definition) is 8. The fraction of sp³-hybridized carbons (Fsp3) is 0.385. The van der Waals surface area contributed by atoms with Crippen molar-refractivity contribution in [3.63, 3.8) is 0 Å². The Kier molecular flexibility index (Phi) is 5.96. The van der Waals surface area contributed by atoms with E-state index in [1.165, 1.54) is 0 Å². The van der Waals surface area contributed by atoms with Crippen molar-refractivity contribution in [2.45, 2.75) is 45.6 Å². The molecule has 0 aliphatic carbocycles. The van der Waals surface area contributed by atoms with Crippen LogP contribution in [0.1, 0.15) is 37.0 Å². The third-order valence-corrected chi connectivity index (χ3v) is 8.47. The Hall–Kier alpha value is -3.36. The molecule has 2 unspecified atom stereocenters. The molecule has 0 bridgehead atoms. The van der Waals surface area contributed by atoms with Crippen molar-refractivity contribution in [1.82, 2.24) is 15.0 Å². The summed E-state index contributed by atoms with van der Waals surface area (Å²) < 4.78 is 37.0. The molecule has 0 saturated carbocycles. The van der Waals surface area contributed by atoms with Crippen molar-refractivity contribution in [3.8, 4) is 17.3 Å². The lowest BCUT2D eigenvalue weighted by Crippen LogP contribution is -2.22. The van der Waals surface area contributed by atoms with E-state index >= 15 is 4.39 Å². The van der Waals surface area contributed by atoms with Gasteiger partial charge in [-0.15, -0.1) is 11.3 Å². The van der Waals surface area contributed by atoms with Crippen molar-refractivity contribution in [3.05, 3.63) is 40.7 Å². The molecule has 1 fully saturated rings. The van der Waals surface area contributed by atoms with Gasteiger partial charge >= 0.3 is 0 Å². The molecule has 0 amide bonds. The molecule has 37 heavy (non-hydrogen) atoms. The first-order valence-corrected chi connectivity index (χ1v) is 13.2. The van der Waals surface area contributed by atoms with Crippen LogP contribution >= 0.6 is 11.3 Å². The minimum Gasteiger partial charge on any atom is -0.389 e. The fourth-order valence-corrected chi connectivity index (χ4v) is 6.45. The van der Waals surface area contributed by atoms with Gasteiger partial charge in [-0.25, -0.2) is 18.7 Å². The molecule has 5 heterocycles. The van der Waals surface area contributed by atoms with Crippen molar-refractivity contribution in [2.75, 3.05) is 23.7 Å². The Morgan fingerprint density at radius 3 is 2.84 bits per heavy atom. The third kappa shape index (κ3) is 3.73. The molecular formula is C26H24BF2N6OS. The minimum atomic E-state index is -0.603. The summed E-state index contributed by atoms with van der Waals surface area (Å²) in [6.45, 7) is 6.40. The highest BCUT2D eigenvalue weighted by Gasteiger charge is 2.33. The molecule has 1 aromatic carbocycles. The van der Waals surface area contributed by atoms with E-state index in [0.717, 1.165) is 48.9 Å². The lowest BCUT2D eigenvalue weighted by molar-refractivity contribution is 0.135. The van der Waals surface area contributed by atoms with Crippen LogP contribution < -0.4 is 10.6 Å². The predicted molar refractivity (Wildman–Crippen MR) is 142 cm³/mol. The standard InChI is InChI=1S/C26H24BF2N6OS/c1-3-4-27-17-9-35(8-12(17)2)26-33-6-14-15-10-36-11-16(15)19(21(29)22(14)34-26)23-20-13(5-30)25(31)37-24(20)18(28)7-32-23/h6-7,12,17H,3-4,8-11,31H2,1-2H3. The number of fused-ring (bicyclic) bond motifs is 4. The van der Waals surface area contributed by atoms with Crippen molar-refractivity contribution >= 4 is 50.6 Å². The van der Waals surface area contributed by atoms with E-state index in [-0.39, 0.29) is 50.6 Å². The maximum absolute atomic E-state index is 16.5. The molecule has 6 rings (SSSR count). The highest BCUT2D eigenvalue weighted by Crippen LogP contribution is 2.45. The number of thiophene rings is 1. The van der Waals surface area contributed by atoms with Gasteiger partial charge in [0.15, 0.2) is 11.6 Å². The smallest absolute Gasteiger partial charge is 0.225 e. The molecule has 2 N–H and O–H groups in total. The molecule has 2 aliphatic rings. The van der Waals surface area contributed by atoms with Crippen LogP contribution in [0.4, 0.5) is 19.7 Å². The lowest BCUT2D eigenvalue weighted by atomic mass is 9.58. The average molecular weight is 517 g/mol. The second kappa shape index (κ2) is 9.19. The Morgan fingerprint density at radius 2 is 2.05 bits per heavy atom. The predicted octanol–water partition coefficient (Wildman–Crippen LogP) is 5.45. The number of anilines is 2. The zero-order valence-electron chi connectivity index (χ0n) is 20.5. The topological polar surface area (TPSA) is 101 Å². The summed E-state index contributed by atoms with van der Waals surface area (Å²) in [6.07, 6.45) is 4.88. The SMILES string of the molecule is CCC[B]C1CN(c2ncc3c4c(c(-c5ncc(F)c6sc(N)c(C#N)c56)c(F)c3n2)COC4)CC1C. The zero-order valence-corrected chi connectivity index (χ0v) is 21.3. The molecule has 1 saturated heterocycles. The van der Waals surface area contributed by atoms with Gasteiger partial charge < -0.3 is 15.4 Å². The van der Waals surface area contributed by atoms with Gasteiger partial charge in [0.2, 0.25) is 5.95 Å². The fourth-order valence-electron chi connectivity index (χ4n) is 5.53. The Morgan fingerprint density at radius 1 is 1.24 bits per heavy atom. The number of pyridine rings is 1. The second-order valence-corrected chi connectivity index (χ2v) is 10.8. The van der Waals surface area contributed by atoms with Crippen LogP contribution in [0.25, 0.3) is 32.2 Å². The maximum atomic E-state index is 16.5. The van der Waals surface area contributed by atoms with Gasteiger partial charge in [0.05, 0.1) is 35.4 Å². The van der Waals surface area contributed by atoms with Crippen LogP contribution in [0.5, 0.6) is 0 Å². The van der Waals surface area contributed by atoms with Crippen molar-refractivity contribution < 1.29 is 13.5 Å². The van der Waals surface area contributed by atoms with Crippen LogP contribution in [0.2, 0.25) is 12.1 Å². The number of hydrogen-bond donors (Lipinski definition) is 1. The molecule has 2 atom stereocenters. The van der Waals surface area contributed by atoms with Crippen LogP contribution in [0.15, 0.2) is 12.4 Å². The Bertz CT molecular complexity index is 1600. The largest absolute Gasteiger partial charge is 0.389 e. The number of aromatic nitrogens is 3. The van der Waals surface area contributed by atoms with E-state index in [9.17, 15) is 9.65 Å². The quantitative estimate of drug-likeness (QED) is 0.352. The molecular weight excluding hydrogens is 493 g/mol. The number of halogens is 2. The molecule has 2 aliphatic heterocycles. The molecule has 187 valence electrons. The van der Waals surface area contributed by atoms with Gasteiger partial charge in [0.25, 0.3) is 0 Å². The van der Waals surface area contributed by atoms with Crippen molar-refractivity contribution in [1.29, 1.82) is 5.26 Å². The van der Waals surface area contributed by atoms with E-state index in [1.54, 1.807) is 6.20 Å². The summed E-state index contributed by atoms with van der Waals surface area (Å²) in [4.78, 5) is 15.7. The first-order chi connectivity index (χ1) is 17.9. The van der Waals surface area contributed by atoms with Gasteiger partial charge in [-0.05, 0) is 22.9 Å². The molecule has 11 heteroatoms. The first-order valence-electron chi connectivity index (χ1n) is 12.4. The Labute approximate surface area is 217 Å². The highest BCUT2D eigenvalue weighted by atomic mass is 32.1. The number of rotatable bonds is 5. The van der Waals surface area contributed by atoms with Gasteiger partial charge in [-0.2, -0.15) is 5.26 Å². The number of nitrogens with two attached hydrogens (primary N) is 1. The van der Waals surface area contributed by atoms with Gasteiger partial charge in [0.1, 0.15) is 23.9 Å². The van der Waals surface area contributed by atoms with Crippen LogP contribution in [-0.2, 0) is 18.0 Å². The lowest BCUT2D eigenvalue weighted by Gasteiger charge is -2.18. The van der Waals surface area contributed by atoms with E-state index in [2.05, 4.69) is 36.0 Å². The molecule has 1 radical (unpaired) electrons. The van der Waals surface area contributed by atoms with Crippen LogP contribution in [-0.4, -0.2) is 35.3 Å². The molecule has 3 aromatic heterocycles. The summed E-state index contributed by atoms with van der Waals surface area (Å²) in [6, 6.07) is 2.04. The van der Waals surface area contributed by atoms with Crippen LogP contribution in [0, 0.1) is 28.9 Å². The van der Waals surface area contributed by atoms with E-state index < -0.39 is 11.6 Å². The number of nitriles is 1. The summed E-state index contributed by atoms with van der Waals surface area (Å²) in [5, 5.41) is 10.7. The summed E-state index contributed by atoms with van der Waals surface area (Å²) >= 11 is 0.958. The van der Waals surface area contributed by atoms with Gasteiger partial charge in [-0.3, -0.25) is 4.98 Å². The minimum absolute atomic E-state index is 0.0953. The summed E-state index contributed by atoms with van der Waals surface area (Å²) in [5.74, 6) is 0.166. The number of ether oxygens (including phenoxy) is 1. The summed E-state index contributed by atoms with van der Waals surface area (Å²) in [7, 11) is 2.36. The maximum Gasteiger partial charge on any atom is 0.225 e. The number of nitrogen functional groups attached to an aromatic ring is 1. The summed E-state index contributed by atoms with van der Waals surface area (Å²) in [5.41, 5.74) is 8.02. The first kappa shape index (κ1) is 24.0. The molecule has 4 aromatic rings. The van der Waals surface area contributed by atoms with Gasteiger partial charge in [-0.1, -0.05) is 26.6 Å². The number of nitrogens with zero attached hydrogens (tertiary/aromatic N) is 5. The molecule has 7 nitrogen and oxygen atoms in total. The Balaban J connectivity index is 1.54. The normalized spacial score (nSPS) is 19.1. The van der Waals surface area contributed by atoms with E-state index in [1.807, 2.05) is 6.07 Å². The van der Waals surface area contributed by atoms with Crippen molar-refractivity contribution in [2.24, 2.45) is 5.92 Å². The molecule has 0 spiro atoms. The monoisotopic (exact) mass is 517 g/mol. The van der Waals surface area contributed by atoms with E-state index in [0.29, 0.717) is 28.6 Å². The zero-order chi connectivity index (χ0) is 25.8. The third-order valence-electron chi connectivity index (χ3n) is 7.44.